The molecule has 1 amide bonds. The fourth-order valence-electron chi connectivity index (χ4n) is 4.17. The topological polar surface area (TPSA) is 83.5 Å². The maximum absolute atomic E-state index is 13.5. The third kappa shape index (κ3) is 3.79. The minimum absolute atomic E-state index is 0.00991. The number of quaternary nitrogens is 1. The molecule has 7 heteroatoms. The summed E-state index contributed by atoms with van der Waals surface area (Å²) in [6.45, 7) is 3.02. The number of aliphatic hydroxyl groups excluding tert-OH is 1. The third-order valence-corrected chi connectivity index (χ3v) is 6.75. The second kappa shape index (κ2) is 7.15. The largest absolute Gasteiger partial charge is 0.393 e. The number of hydrogen-bond donors (Lipinski definition) is 2. The van der Waals surface area contributed by atoms with Gasteiger partial charge in [-0.15, -0.1) is 0 Å². The van der Waals surface area contributed by atoms with Crippen molar-refractivity contribution < 1.29 is 22.8 Å². The smallest absolute Gasteiger partial charge is 0.346 e. The number of piperidine rings is 2. The van der Waals surface area contributed by atoms with Crippen molar-refractivity contribution in [3.8, 4) is 0 Å². The Hall–Kier alpha value is -1.28. The molecule has 0 saturated carbocycles. The lowest BCUT2D eigenvalue weighted by Gasteiger charge is -2.47. The fraction of sp³-hybridized carbons (Fsp3) is 0.611. The Morgan fingerprint density at radius 2 is 1.80 bits per heavy atom. The Morgan fingerprint density at radius 3 is 2.40 bits per heavy atom. The van der Waals surface area contributed by atoms with Crippen LogP contribution in [-0.2, 0) is 9.84 Å². The van der Waals surface area contributed by atoms with Crippen LogP contribution in [0.25, 0.3) is 0 Å². The van der Waals surface area contributed by atoms with E-state index in [9.17, 15) is 18.3 Å². The van der Waals surface area contributed by atoms with Crippen molar-refractivity contribution >= 4 is 15.7 Å². The Morgan fingerprint density at radius 1 is 1.16 bits per heavy atom. The average Bonchev–Trinajstić information content (AvgIpc) is 2.62. The first-order chi connectivity index (χ1) is 11.8. The maximum Gasteiger partial charge on any atom is 0.346 e. The van der Waals surface area contributed by atoms with E-state index in [2.05, 4.69) is 5.32 Å². The van der Waals surface area contributed by atoms with Gasteiger partial charge in [0.15, 0.2) is 9.84 Å². The highest BCUT2D eigenvalue weighted by atomic mass is 32.2. The number of rotatable bonds is 3. The molecule has 0 unspecified atom stereocenters. The van der Waals surface area contributed by atoms with Crippen molar-refractivity contribution in [1.29, 1.82) is 0 Å². The SMILES string of the molecule is CS(=O)(=O)c1cccc(C(=O)[N+]2(C3CCNCC3)CCC(O)CC2)c1. The van der Waals surface area contributed by atoms with Gasteiger partial charge in [-0.2, -0.15) is 0 Å². The second-order valence-corrected chi connectivity index (χ2v) is 9.31. The molecule has 0 aliphatic carbocycles. The monoisotopic (exact) mass is 367 g/mol. The maximum atomic E-state index is 13.5. The molecule has 2 saturated heterocycles. The summed E-state index contributed by atoms with van der Waals surface area (Å²) in [6, 6.07) is 6.61. The van der Waals surface area contributed by atoms with Crippen molar-refractivity contribution in [3.63, 3.8) is 0 Å². The van der Waals surface area contributed by atoms with E-state index >= 15 is 0 Å². The number of carbonyl (C=O) groups is 1. The quantitative estimate of drug-likeness (QED) is 0.778. The first-order valence-electron chi connectivity index (χ1n) is 8.93. The second-order valence-electron chi connectivity index (χ2n) is 7.30. The minimum atomic E-state index is -3.35. The van der Waals surface area contributed by atoms with Gasteiger partial charge in [0, 0.05) is 45.0 Å². The lowest BCUT2D eigenvalue weighted by molar-refractivity contribution is -0.881. The summed E-state index contributed by atoms with van der Waals surface area (Å²) in [6.07, 6.45) is 3.89. The molecule has 0 radical (unpaired) electrons. The summed E-state index contributed by atoms with van der Waals surface area (Å²) in [4.78, 5) is 13.7. The van der Waals surface area contributed by atoms with Crippen LogP contribution < -0.4 is 5.32 Å². The molecular formula is C18H27N2O4S+. The highest BCUT2D eigenvalue weighted by Crippen LogP contribution is 2.31. The number of hydrogen-bond acceptors (Lipinski definition) is 5. The summed E-state index contributed by atoms with van der Waals surface area (Å²) in [5, 5.41) is 13.3. The van der Waals surface area contributed by atoms with E-state index in [4.69, 9.17) is 0 Å². The molecule has 0 bridgehead atoms. The van der Waals surface area contributed by atoms with Gasteiger partial charge >= 0.3 is 5.91 Å². The number of amides is 1. The zero-order valence-corrected chi connectivity index (χ0v) is 15.5. The molecule has 2 heterocycles. The molecule has 138 valence electrons. The molecule has 2 aliphatic rings. The van der Waals surface area contributed by atoms with Crippen molar-refractivity contribution in [2.45, 2.75) is 42.7 Å². The first kappa shape index (κ1) is 18.5. The van der Waals surface area contributed by atoms with Crippen molar-refractivity contribution in [1.82, 2.24) is 5.32 Å². The number of carbonyl (C=O) groups excluding carboxylic acids is 1. The number of nitrogens with zero attached hydrogens (tertiary/aromatic N) is 1. The molecule has 1 aromatic carbocycles. The molecule has 1 aromatic rings. The first-order valence-corrected chi connectivity index (χ1v) is 10.8. The molecule has 3 rings (SSSR count). The molecule has 2 N–H and O–H groups in total. The lowest BCUT2D eigenvalue weighted by atomic mass is 9.93. The molecular weight excluding hydrogens is 340 g/mol. The minimum Gasteiger partial charge on any atom is -0.393 e. The summed E-state index contributed by atoms with van der Waals surface area (Å²) in [5.74, 6) is -0.00991. The van der Waals surface area contributed by atoms with Crippen molar-refractivity contribution in [2.75, 3.05) is 32.4 Å². The number of aliphatic hydroxyl groups is 1. The molecule has 0 aromatic heterocycles. The van der Waals surface area contributed by atoms with Gasteiger partial charge in [-0.25, -0.2) is 13.2 Å². The van der Waals surface area contributed by atoms with Crippen LogP contribution in [0, 0.1) is 0 Å². The molecule has 0 spiro atoms. The zero-order chi connectivity index (χ0) is 18.1. The highest BCUT2D eigenvalue weighted by molar-refractivity contribution is 7.90. The van der Waals surface area contributed by atoms with Crippen LogP contribution in [0.5, 0.6) is 0 Å². The predicted molar refractivity (Wildman–Crippen MR) is 95.0 cm³/mol. The molecule has 2 aliphatic heterocycles. The van der Waals surface area contributed by atoms with Crippen LogP contribution in [0.1, 0.15) is 36.0 Å². The van der Waals surface area contributed by atoms with E-state index in [1.807, 2.05) is 0 Å². The van der Waals surface area contributed by atoms with Crippen LogP contribution in [0.3, 0.4) is 0 Å². The van der Waals surface area contributed by atoms with Gasteiger partial charge in [-0.3, -0.25) is 4.48 Å². The molecule has 25 heavy (non-hydrogen) atoms. The van der Waals surface area contributed by atoms with E-state index in [0.29, 0.717) is 36.0 Å². The van der Waals surface area contributed by atoms with Crippen LogP contribution in [0.4, 0.5) is 0 Å². The third-order valence-electron chi connectivity index (χ3n) is 5.64. The number of benzene rings is 1. The molecule has 2 fully saturated rings. The van der Waals surface area contributed by atoms with Crippen molar-refractivity contribution in [2.24, 2.45) is 0 Å². The van der Waals surface area contributed by atoms with Gasteiger partial charge in [-0.05, 0) is 18.2 Å². The van der Waals surface area contributed by atoms with E-state index < -0.39 is 9.84 Å². The number of likely N-dealkylation sites (tertiary alicyclic amines) is 1. The van der Waals surface area contributed by atoms with Crippen LogP contribution in [-0.4, -0.2) is 68.5 Å². The fourth-order valence-corrected chi connectivity index (χ4v) is 4.83. The van der Waals surface area contributed by atoms with Crippen LogP contribution >= 0.6 is 0 Å². The van der Waals surface area contributed by atoms with Gasteiger partial charge in [0.05, 0.1) is 35.7 Å². The Balaban J connectivity index is 1.97. The number of nitrogens with one attached hydrogen (secondary N) is 1. The summed E-state index contributed by atoms with van der Waals surface area (Å²) < 4.78 is 24.0. The molecule has 6 nitrogen and oxygen atoms in total. The van der Waals surface area contributed by atoms with E-state index in [0.717, 1.165) is 32.2 Å². The van der Waals surface area contributed by atoms with Gasteiger partial charge < -0.3 is 10.4 Å². The van der Waals surface area contributed by atoms with E-state index in [-0.39, 0.29) is 22.9 Å². The standard InChI is InChI=1S/C18H27N2O4S/c1-25(23,24)17-4-2-3-14(13-17)18(22)20(11-7-16(21)8-12-20)15-5-9-19-10-6-15/h2-4,13,15-16,19,21H,5-12H2,1H3/q+1. The van der Waals surface area contributed by atoms with E-state index in [1.165, 1.54) is 12.1 Å². The Bertz CT molecular complexity index is 733. The Kier molecular flexibility index (Phi) is 5.29. The van der Waals surface area contributed by atoms with E-state index in [1.54, 1.807) is 12.1 Å². The lowest BCUT2D eigenvalue weighted by Crippen LogP contribution is -2.65. The highest BCUT2D eigenvalue weighted by Gasteiger charge is 2.47. The predicted octanol–water partition coefficient (Wildman–Crippen LogP) is 0.954. The van der Waals surface area contributed by atoms with Crippen LogP contribution in [0.15, 0.2) is 29.2 Å². The van der Waals surface area contributed by atoms with Gasteiger partial charge in [0.2, 0.25) is 0 Å². The summed E-state index contributed by atoms with van der Waals surface area (Å²) in [7, 11) is -3.35. The van der Waals surface area contributed by atoms with Gasteiger partial charge in [-0.1, -0.05) is 6.07 Å². The summed E-state index contributed by atoms with van der Waals surface area (Å²) >= 11 is 0. The Labute approximate surface area is 149 Å². The van der Waals surface area contributed by atoms with Crippen molar-refractivity contribution in [3.05, 3.63) is 29.8 Å². The van der Waals surface area contributed by atoms with Crippen LogP contribution in [0.2, 0.25) is 0 Å². The number of sulfone groups is 1. The average molecular weight is 367 g/mol. The van der Waals surface area contributed by atoms with Gasteiger partial charge in [0.1, 0.15) is 0 Å². The van der Waals surface area contributed by atoms with Gasteiger partial charge in [0.25, 0.3) is 0 Å². The normalized spacial score (nSPS) is 28.6. The molecule has 0 atom stereocenters. The zero-order valence-electron chi connectivity index (χ0n) is 14.6. The summed E-state index contributed by atoms with van der Waals surface area (Å²) in [5.41, 5.74) is 0.456.